The number of anilines is 1. The average molecular weight is 416 g/mol. The van der Waals surface area contributed by atoms with Crippen molar-refractivity contribution in [1.29, 1.82) is 0 Å². The fourth-order valence-electron chi connectivity index (χ4n) is 2.56. The Labute approximate surface area is 171 Å². The van der Waals surface area contributed by atoms with Crippen LogP contribution in [0.1, 0.15) is 15.9 Å². The smallest absolute Gasteiger partial charge is 0.338 e. The molecule has 1 amide bonds. The molecular formula is C21H24N2O5S. The van der Waals surface area contributed by atoms with Gasteiger partial charge in [-0.15, -0.1) is 6.58 Å². The molecule has 2 rings (SSSR count). The molecule has 0 aliphatic carbocycles. The van der Waals surface area contributed by atoms with Crippen LogP contribution >= 0.6 is 0 Å². The van der Waals surface area contributed by atoms with E-state index in [2.05, 4.69) is 6.58 Å². The molecule has 0 aliphatic rings. The monoisotopic (exact) mass is 416 g/mol. The van der Waals surface area contributed by atoms with Gasteiger partial charge in [0.05, 0.1) is 10.5 Å². The summed E-state index contributed by atoms with van der Waals surface area (Å²) in [6, 6.07) is 13.2. The summed E-state index contributed by atoms with van der Waals surface area (Å²) in [5.41, 5.74) is 1.30. The Hall–Kier alpha value is -2.97. The summed E-state index contributed by atoms with van der Waals surface area (Å²) in [6.07, 6.45) is 1.58. The molecule has 0 saturated carbocycles. The van der Waals surface area contributed by atoms with E-state index in [1.165, 1.54) is 37.2 Å². The summed E-state index contributed by atoms with van der Waals surface area (Å²) in [4.78, 5) is 26.5. The summed E-state index contributed by atoms with van der Waals surface area (Å²) in [5.74, 6) is -1.18. The first-order chi connectivity index (χ1) is 13.7. The third kappa shape index (κ3) is 5.30. The Kier molecular flexibility index (Phi) is 7.30. The van der Waals surface area contributed by atoms with Crippen molar-refractivity contribution in [3.05, 3.63) is 72.3 Å². The Morgan fingerprint density at radius 2 is 1.76 bits per heavy atom. The van der Waals surface area contributed by atoms with E-state index in [-0.39, 0.29) is 17.0 Å². The highest BCUT2D eigenvalue weighted by molar-refractivity contribution is 7.89. The van der Waals surface area contributed by atoms with Gasteiger partial charge in [-0.25, -0.2) is 17.5 Å². The number of carbonyl (C=O) groups is 2. The molecule has 0 saturated heterocycles. The van der Waals surface area contributed by atoms with Crippen LogP contribution in [-0.2, 0) is 19.6 Å². The summed E-state index contributed by atoms with van der Waals surface area (Å²) in [5, 5.41) is 0. The van der Waals surface area contributed by atoms with Crippen LogP contribution in [0.4, 0.5) is 5.69 Å². The maximum absolute atomic E-state index is 12.6. The SMILES string of the molecule is C=CCN(C(=O)COC(=O)c1cc(S(=O)(=O)N(C)C)ccc1C)c1ccccc1. The molecule has 2 aromatic carbocycles. The fraction of sp³-hybridized carbons (Fsp3) is 0.238. The number of nitrogens with zero attached hydrogens (tertiary/aromatic N) is 2. The lowest BCUT2D eigenvalue weighted by Gasteiger charge is -2.21. The van der Waals surface area contributed by atoms with Gasteiger partial charge in [-0.05, 0) is 36.8 Å². The Bertz CT molecular complexity index is 1000. The van der Waals surface area contributed by atoms with Crippen molar-refractivity contribution >= 4 is 27.6 Å². The fourth-order valence-corrected chi connectivity index (χ4v) is 3.49. The molecule has 0 aromatic heterocycles. The molecule has 0 unspecified atom stereocenters. The summed E-state index contributed by atoms with van der Waals surface area (Å²) < 4.78 is 30.8. The summed E-state index contributed by atoms with van der Waals surface area (Å²) in [6.45, 7) is 5.09. The van der Waals surface area contributed by atoms with E-state index in [1.54, 1.807) is 37.3 Å². The van der Waals surface area contributed by atoms with Crippen molar-refractivity contribution < 1.29 is 22.7 Å². The Morgan fingerprint density at radius 3 is 2.34 bits per heavy atom. The van der Waals surface area contributed by atoms with E-state index >= 15 is 0 Å². The lowest BCUT2D eigenvalue weighted by Crippen LogP contribution is -2.35. The molecular weight excluding hydrogens is 392 g/mol. The Balaban J connectivity index is 2.18. The molecule has 0 aliphatic heterocycles. The predicted octanol–water partition coefficient (Wildman–Crippen LogP) is 2.62. The minimum Gasteiger partial charge on any atom is -0.452 e. The first-order valence-electron chi connectivity index (χ1n) is 8.85. The minimum absolute atomic E-state index is 0.0241. The first-order valence-corrected chi connectivity index (χ1v) is 10.3. The predicted molar refractivity (Wildman–Crippen MR) is 111 cm³/mol. The molecule has 0 N–H and O–H groups in total. The quantitative estimate of drug-likeness (QED) is 0.488. The lowest BCUT2D eigenvalue weighted by atomic mass is 10.1. The third-order valence-electron chi connectivity index (χ3n) is 4.21. The maximum Gasteiger partial charge on any atom is 0.338 e. The number of carbonyl (C=O) groups excluding carboxylic acids is 2. The maximum atomic E-state index is 12.6. The normalized spacial score (nSPS) is 11.2. The zero-order chi connectivity index (χ0) is 21.6. The van der Waals surface area contributed by atoms with Gasteiger partial charge >= 0.3 is 5.97 Å². The van der Waals surface area contributed by atoms with Crippen molar-refractivity contribution in [3.8, 4) is 0 Å². The zero-order valence-electron chi connectivity index (χ0n) is 16.7. The van der Waals surface area contributed by atoms with Gasteiger partial charge < -0.3 is 9.64 Å². The van der Waals surface area contributed by atoms with Crippen LogP contribution in [0.15, 0.2) is 66.1 Å². The number of para-hydroxylation sites is 1. The second-order valence-corrected chi connectivity index (χ2v) is 8.62. The van der Waals surface area contributed by atoms with Crippen LogP contribution in [0.3, 0.4) is 0 Å². The van der Waals surface area contributed by atoms with Crippen LogP contribution in [0.2, 0.25) is 0 Å². The number of ether oxygens (including phenoxy) is 1. The van der Waals surface area contributed by atoms with Crippen molar-refractivity contribution in [1.82, 2.24) is 4.31 Å². The summed E-state index contributed by atoms with van der Waals surface area (Å²) in [7, 11) is -0.886. The molecule has 0 fully saturated rings. The number of sulfonamides is 1. The number of hydrogen-bond acceptors (Lipinski definition) is 5. The average Bonchev–Trinajstić information content (AvgIpc) is 2.70. The third-order valence-corrected chi connectivity index (χ3v) is 6.03. The van der Waals surface area contributed by atoms with Gasteiger partial charge in [-0.2, -0.15) is 0 Å². The van der Waals surface area contributed by atoms with Crippen LogP contribution in [0.25, 0.3) is 0 Å². The highest BCUT2D eigenvalue weighted by Crippen LogP contribution is 2.19. The number of amides is 1. The summed E-state index contributed by atoms with van der Waals surface area (Å²) >= 11 is 0. The standard InChI is InChI=1S/C21H24N2O5S/c1-5-13-23(17-9-7-6-8-10-17)20(24)15-28-21(25)19-14-18(12-11-16(19)2)29(26,27)22(3)4/h5-12,14H,1,13,15H2,2-4H3. The van der Waals surface area contributed by atoms with Crippen LogP contribution in [0.5, 0.6) is 0 Å². The minimum atomic E-state index is -3.70. The van der Waals surface area contributed by atoms with E-state index in [1.807, 2.05) is 6.07 Å². The van der Waals surface area contributed by atoms with Gasteiger partial charge in [-0.3, -0.25) is 4.79 Å². The van der Waals surface area contributed by atoms with Gasteiger partial charge in [0.1, 0.15) is 0 Å². The molecule has 29 heavy (non-hydrogen) atoms. The van der Waals surface area contributed by atoms with Gasteiger partial charge in [0.15, 0.2) is 6.61 Å². The second-order valence-electron chi connectivity index (χ2n) is 6.47. The number of benzene rings is 2. The van der Waals surface area contributed by atoms with E-state index in [0.29, 0.717) is 11.3 Å². The zero-order valence-corrected chi connectivity index (χ0v) is 17.5. The van der Waals surface area contributed by atoms with Crippen molar-refractivity contribution in [2.24, 2.45) is 0 Å². The lowest BCUT2D eigenvalue weighted by molar-refractivity contribution is -0.121. The number of esters is 1. The van der Waals surface area contributed by atoms with Crippen LogP contribution in [0, 0.1) is 6.92 Å². The van der Waals surface area contributed by atoms with E-state index in [9.17, 15) is 18.0 Å². The molecule has 0 radical (unpaired) electrons. The molecule has 0 heterocycles. The molecule has 0 spiro atoms. The Morgan fingerprint density at radius 1 is 1.10 bits per heavy atom. The molecule has 2 aromatic rings. The van der Waals surface area contributed by atoms with E-state index < -0.39 is 28.5 Å². The largest absolute Gasteiger partial charge is 0.452 e. The van der Waals surface area contributed by atoms with E-state index in [4.69, 9.17) is 4.74 Å². The number of hydrogen-bond donors (Lipinski definition) is 0. The number of rotatable bonds is 8. The highest BCUT2D eigenvalue weighted by Gasteiger charge is 2.22. The molecule has 154 valence electrons. The second kappa shape index (κ2) is 9.49. The first kappa shape index (κ1) is 22.3. The molecule has 7 nitrogen and oxygen atoms in total. The van der Waals surface area contributed by atoms with Crippen molar-refractivity contribution in [2.75, 3.05) is 32.1 Å². The van der Waals surface area contributed by atoms with Gasteiger partial charge in [0.25, 0.3) is 5.91 Å². The van der Waals surface area contributed by atoms with Crippen molar-refractivity contribution in [2.45, 2.75) is 11.8 Å². The number of aryl methyl sites for hydroxylation is 1. The van der Waals surface area contributed by atoms with Crippen LogP contribution in [-0.4, -0.2) is 51.8 Å². The van der Waals surface area contributed by atoms with Gasteiger partial charge in [0, 0.05) is 26.3 Å². The molecule has 0 bridgehead atoms. The topological polar surface area (TPSA) is 84.0 Å². The van der Waals surface area contributed by atoms with Gasteiger partial charge in [0.2, 0.25) is 10.0 Å². The van der Waals surface area contributed by atoms with Crippen molar-refractivity contribution in [3.63, 3.8) is 0 Å². The molecule has 8 heteroatoms. The highest BCUT2D eigenvalue weighted by atomic mass is 32.2. The van der Waals surface area contributed by atoms with Crippen LogP contribution < -0.4 is 4.90 Å². The molecule has 0 atom stereocenters. The van der Waals surface area contributed by atoms with Gasteiger partial charge in [-0.1, -0.05) is 30.3 Å². The van der Waals surface area contributed by atoms with E-state index in [0.717, 1.165) is 4.31 Å².